The maximum atomic E-state index is 12.3. The van der Waals surface area contributed by atoms with E-state index in [1.807, 2.05) is 30.3 Å². The number of benzene rings is 1. The Bertz CT molecular complexity index is 1200. The van der Waals surface area contributed by atoms with Crippen LogP contribution in [0.3, 0.4) is 0 Å². The van der Waals surface area contributed by atoms with Gasteiger partial charge in [-0.2, -0.15) is 0 Å². The minimum absolute atomic E-state index is 0.00162. The Morgan fingerprint density at radius 3 is 2.04 bits per heavy atom. The van der Waals surface area contributed by atoms with Crippen LogP contribution in [0.1, 0.15) is 32.6 Å². The molecule has 4 fully saturated rings. The van der Waals surface area contributed by atoms with Crippen molar-refractivity contribution in [1.82, 2.24) is 10.6 Å². The molecule has 4 saturated heterocycles. The summed E-state index contributed by atoms with van der Waals surface area (Å²) in [5.74, 6) is -1.08. The van der Waals surface area contributed by atoms with Gasteiger partial charge in [-0.1, -0.05) is 30.3 Å². The number of amides is 2. The molecule has 0 aromatic heterocycles. The predicted octanol–water partition coefficient (Wildman–Crippen LogP) is -2.84. The second kappa shape index (κ2) is 15.5. The van der Waals surface area contributed by atoms with Crippen molar-refractivity contribution in [1.29, 1.82) is 0 Å². The highest BCUT2D eigenvalue weighted by Gasteiger charge is 2.55. The lowest BCUT2D eigenvalue weighted by Gasteiger charge is -2.51. The SMILES string of the molecule is CO[C@@H]1O[C@@H](C)[C@H](O)[C@@H](O[C@@H]2O[C@@H]3COC(c4ccccc4)O[C@H]3[C@H](O)[C@H]2NC(C)=O)[C@H]1O[C@H]1O[C@H](CO)[C@H](O)[C@H](O)[C@H]1NC(C)=O. The zero-order chi connectivity index (χ0) is 34.0. The highest BCUT2D eigenvalue weighted by atomic mass is 16.8. The van der Waals surface area contributed by atoms with Gasteiger partial charge in [0.05, 0.1) is 19.3 Å². The van der Waals surface area contributed by atoms with Crippen molar-refractivity contribution in [3.05, 3.63) is 35.9 Å². The Kier molecular flexibility index (Phi) is 11.8. The Morgan fingerprint density at radius 1 is 0.809 bits per heavy atom. The molecule has 0 spiro atoms. The van der Waals surface area contributed by atoms with Gasteiger partial charge in [0, 0.05) is 26.5 Å². The molecule has 47 heavy (non-hydrogen) atoms. The zero-order valence-electron chi connectivity index (χ0n) is 26.4. The molecule has 17 heteroatoms. The van der Waals surface area contributed by atoms with Gasteiger partial charge in [0.15, 0.2) is 25.2 Å². The summed E-state index contributed by atoms with van der Waals surface area (Å²) < 4.78 is 47.7. The molecule has 0 aliphatic carbocycles. The average molecular weight is 673 g/mol. The highest BCUT2D eigenvalue weighted by Crippen LogP contribution is 2.37. The first-order valence-electron chi connectivity index (χ1n) is 15.4. The van der Waals surface area contributed by atoms with Gasteiger partial charge in [-0.3, -0.25) is 9.59 Å². The van der Waals surface area contributed by atoms with Crippen LogP contribution in [-0.2, 0) is 47.5 Å². The van der Waals surface area contributed by atoms with Crippen LogP contribution in [0.15, 0.2) is 30.3 Å². The van der Waals surface area contributed by atoms with Crippen molar-refractivity contribution in [2.24, 2.45) is 0 Å². The van der Waals surface area contributed by atoms with E-state index in [0.717, 1.165) is 5.56 Å². The third kappa shape index (κ3) is 7.78. The number of methoxy groups -OCH3 is 1. The smallest absolute Gasteiger partial charge is 0.217 e. The first kappa shape index (κ1) is 35.9. The summed E-state index contributed by atoms with van der Waals surface area (Å²) in [7, 11) is 1.32. The molecule has 7 N–H and O–H groups in total. The summed E-state index contributed by atoms with van der Waals surface area (Å²) in [4.78, 5) is 24.3. The molecule has 0 radical (unpaired) electrons. The van der Waals surface area contributed by atoms with Gasteiger partial charge in [-0.05, 0) is 6.92 Å². The Balaban J connectivity index is 1.41. The summed E-state index contributed by atoms with van der Waals surface area (Å²) in [6.45, 7) is 3.31. The number of fused-ring (bicyclic) bond motifs is 1. The van der Waals surface area contributed by atoms with Crippen LogP contribution >= 0.6 is 0 Å². The van der Waals surface area contributed by atoms with Gasteiger partial charge in [0.25, 0.3) is 0 Å². The van der Waals surface area contributed by atoms with E-state index in [1.165, 1.54) is 21.0 Å². The van der Waals surface area contributed by atoms with E-state index < -0.39 is 117 Å². The van der Waals surface area contributed by atoms with Crippen molar-refractivity contribution in [3.63, 3.8) is 0 Å². The number of nitrogens with one attached hydrogen (secondary N) is 2. The average Bonchev–Trinajstić information content (AvgIpc) is 3.05. The number of carbonyl (C=O) groups is 2. The summed E-state index contributed by atoms with van der Waals surface area (Å²) >= 11 is 0. The van der Waals surface area contributed by atoms with Crippen molar-refractivity contribution in [2.45, 2.75) is 119 Å². The Labute approximate surface area is 270 Å². The maximum absolute atomic E-state index is 12.3. The second-order valence-electron chi connectivity index (χ2n) is 12.0. The highest BCUT2D eigenvalue weighted by molar-refractivity contribution is 5.73. The summed E-state index contributed by atoms with van der Waals surface area (Å²) in [6, 6.07) is 6.60. The zero-order valence-corrected chi connectivity index (χ0v) is 26.4. The molecule has 1 aromatic carbocycles. The number of aliphatic hydroxyl groups excluding tert-OH is 5. The van der Waals surface area contributed by atoms with Crippen LogP contribution in [0.25, 0.3) is 0 Å². The molecule has 5 rings (SSSR count). The lowest BCUT2D eigenvalue weighted by molar-refractivity contribution is -0.386. The van der Waals surface area contributed by atoms with Crippen molar-refractivity contribution >= 4 is 11.8 Å². The molecule has 16 atom stereocenters. The molecular formula is C30H44N2O15. The van der Waals surface area contributed by atoms with E-state index >= 15 is 0 Å². The number of rotatable bonds is 9. The fourth-order valence-corrected chi connectivity index (χ4v) is 6.25. The lowest BCUT2D eigenvalue weighted by atomic mass is 9.94. The molecule has 4 aliphatic rings. The van der Waals surface area contributed by atoms with Crippen LogP contribution in [0.2, 0.25) is 0 Å². The monoisotopic (exact) mass is 672 g/mol. The van der Waals surface area contributed by atoms with Gasteiger partial charge in [0.2, 0.25) is 11.8 Å². The molecular weight excluding hydrogens is 628 g/mol. The second-order valence-corrected chi connectivity index (χ2v) is 12.0. The predicted molar refractivity (Wildman–Crippen MR) is 155 cm³/mol. The molecule has 17 nitrogen and oxygen atoms in total. The summed E-state index contributed by atoms with van der Waals surface area (Å²) in [5.41, 5.74) is 0.723. The minimum Gasteiger partial charge on any atom is -0.394 e. The van der Waals surface area contributed by atoms with E-state index in [9.17, 15) is 35.1 Å². The van der Waals surface area contributed by atoms with E-state index in [-0.39, 0.29) is 6.61 Å². The molecule has 4 aliphatic heterocycles. The van der Waals surface area contributed by atoms with Crippen LogP contribution in [0, 0.1) is 0 Å². The van der Waals surface area contributed by atoms with E-state index in [2.05, 4.69) is 10.6 Å². The van der Waals surface area contributed by atoms with Crippen LogP contribution in [0.5, 0.6) is 0 Å². The van der Waals surface area contributed by atoms with Crippen LogP contribution in [-0.4, -0.2) is 150 Å². The van der Waals surface area contributed by atoms with Crippen molar-refractivity contribution in [2.75, 3.05) is 20.3 Å². The quantitative estimate of drug-likeness (QED) is 0.140. The van der Waals surface area contributed by atoms with Crippen LogP contribution in [0.4, 0.5) is 0 Å². The normalized spacial score (nSPS) is 43.9. The molecule has 0 bridgehead atoms. The topological polar surface area (TPSA) is 233 Å². The third-order valence-electron chi connectivity index (χ3n) is 8.63. The maximum Gasteiger partial charge on any atom is 0.217 e. The first-order chi connectivity index (χ1) is 22.4. The summed E-state index contributed by atoms with van der Waals surface area (Å²) in [5, 5.41) is 59.0. The molecule has 1 unspecified atom stereocenters. The number of hydrogen-bond acceptors (Lipinski definition) is 15. The van der Waals surface area contributed by atoms with E-state index in [1.54, 1.807) is 6.92 Å². The minimum atomic E-state index is -1.62. The van der Waals surface area contributed by atoms with Crippen molar-refractivity contribution in [3.8, 4) is 0 Å². The molecule has 1 aromatic rings. The first-order valence-corrected chi connectivity index (χ1v) is 15.4. The standard InChI is InChI=1S/C30H44N2O15/c1-12-20(36)25(26(30(40-4)42-12)47-28-18(31-13(2)34)22(38)21(37)16(10-33)43-28)46-29-19(32-14(3)35)23(39)24-17(44-29)11-41-27(45-24)15-8-6-5-7-9-15/h5-9,12,16-30,33,36-39H,10-11H2,1-4H3,(H,31,34)(H,32,35)/t12-,16+,17+,18+,19+,20-,21-,22+,23+,24+,25+,26+,27?,28+,29-,30+/m0/s1. The third-order valence-corrected chi connectivity index (χ3v) is 8.63. The fourth-order valence-electron chi connectivity index (χ4n) is 6.25. The van der Waals surface area contributed by atoms with Crippen LogP contribution < -0.4 is 10.6 Å². The molecule has 4 heterocycles. The fraction of sp³-hybridized carbons (Fsp3) is 0.733. The van der Waals surface area contributed by atoms with Gasteiger partial charge in [-0.15, -0.1) is 0 Å². The summed E-state index contributed by atoms with van der Waals surface area (Å²) in [6.07, 6.45) is -17.5. The molecule has 0 saturated carbocycles. The van der Waals surface area contributed by atoms with Gasteiger partial charge in [-0.25, -0.2) is 0 Å². The molecule has 2 amide bonds. The number of ether oxygens (including phenoxy) is 8. The van der Waals surface area contributed by atoms with E-state index in [0.29, 0.717) is 0 Å². The lowest BCUT2D eigenvalue weighted by Crippen LogP contribution is -2.70. The number of aliphatic hydroxyl groups is 5. The van der Waals surface area contributed by atoms with Gasteiger partial charge < -0.3 is 74.1 Å². The Morgan fingerprint density at radius 2 is 1.43 bits per heavy atom. The van der Waals surface area contributed by atoms with Crippen molar-refractivity contribution < 1.29 is 73.0 Å². The number of carbonyl (C=O) groups excluding carboxylic acids is 2. The molecule has 264 valence electrons. The van der Waals surface area contributed by atoms with Gasteiger partial charge in [0.1, 0.15) is 67.0 Å². The number of hydrogen-bond donors (Lipinski definition) is 7. The largest absolute Gasteiger partial charge is 0.394 e. The van der Waals surface area contributed by atoms with E-state index in [4.69, 9.17) is 37.9 Å². The van der Waals surface area contributed by atoms with Gasteiger partial charge >= 0.3 is 0 Å². The Hall–Kier alpha value is -2.36.